The number of rotatable bonds is 4. The minimum absolute atomic E-state index is 0.0437. The summed E-state index contributed by atoms with van der Waals surface area (Å²) in [5, 5.41) is 5.66. The molecule has 0 saturated heterocycles. The van der Waals surface area contributed by atoms with Gasteiger partial charge in [-0.15, -0.1) is 0 Å². The fraction of sp³-hybridized carbons (Fsp3) is 0.364. The van der Waals surface area contributed by atoms with Crippen LogP contribution in [0.15, 0.2) is 24.3 Å². The molecule has 4 heteroatoms. The second-order valence-electron chi connectivity index (χ2n) is 3.21. The molecule has 1 rings (SSSR count). The van der Waals surface area contributed by atoms with Crippen molar-refractivity contribution in [3.63, 3.8) is 0 Å². The summed E-state index contributed by atoms with van der Waals surface area (Å²) in [6.45, 7) is 1.80. The highest BCUT2D eigenvalue weighted by Crippen LogP contribution is 2.17. The largest absolute Gasteiger partial charge is 0.497 e. The van der Waals surface area contributed by atoms with Gasteiger partial charge in [0.2, 0.25) is 5.91 Å². The lowest BCUT2D eigenvalue weighted by Crippen LogP contribution is -2.35. The van der Waals surface area contributed by atoms with Crippen LogP contribution in [0.25, 0.3) is 0 Å². The molecular formula is C11H16N2O2. The summed E-state index contributed by atoms with van der Waals surface area (Å²) in [5.41, 5.74) is 0.866. The molecule has 0 fully saturated rings. The molecule has 1 aromatic carbocycles. The van der Waals surface area contributed by atoms with Gasteiger partial charge in [-0.25, -0.2) is 0 Å². The highest BCUT2D eigenvalue weighted by molar-refractivity contribution is 5.83. The van der Waals surface area contributed by atoms with Gasteiger partial charge in [-0.1, -0.05) is 6.07 Å². The van der Waals surface area contributed by atoms with Crippen molar-refractivity contribution in [1.29, 1.82) is 0 Å². The lowest BCUT2D eigenvalue weighted by Gasteiger charge is -2.14. The van der Waals surface area contributed by atoms with Gasteiger partial charge in [0.1, 0.15) is 11.8 Å². The molecule has 0 spiro atoms. The number of anilines is 1. The van der Waals surface area contributed by atoms with E-state index in [0.717, 1.165) is 11.4 Å². The van der Waals surface area contributed by atoms with Gasteiger partial charge in [-0.2, -0.15) is 0 Å². The Balaban J connectivity index is 2.67. The second kappa shape index (κ2) is 5.24. The molecule has 1 unspecified atom stereocenters. The van der Waals surface area contributed by atoms with Crippen LogP contribution in [0.4, 0.5) is 5.69 Å². The predicted octanol–water partition coefficient (Wildman–Crippen LogP) is 1.24. The van der Waals surface area contributed by atoms with Crippen molar-refractivity contribution in [2.24, 2.45) is 0 Å². The number of hydrogen-bond donors (Lipinski definition) is 2. The fourth-order valence-electron chi connectivity index (χ4n) is 1.24. The van der Waals surface area contributed by atoms with Crippen molar-refractivity contribution < 1.29 is 9.53 Å². The maximum absolute atomic E-state index is 11.3. The molecule has 1 amide bonds. The third kappa shape index (κ3) is 3.16. The molecule has 0 heterocycles. The van der Waals surface area contributed by atoms with Crippen LogP contribution in [0.5, 0.6) is 5.75 Å². The van der Waals surface area contributed by atoms with E-state index >= 15 is 0 Å². The number of nitrogens with one attached hydrogen (secondary N) is 2. The summed E-state index contributed by atoms with van der Waals surface area (Å²) in [6.07, 6.45) is 0. The fourth-order valence-corrected chi connectivity index (χ4v) is 1.24. The number of likely N-dealkylation sites (N-methyl/N-ethyl adjacent to an activating group) is 1. The number of ether oxygens (including phenoxy) is 1. The quantitative estimate of drug-likeness (QED) is 0.782. The van der Waals surface area contributed by atoms with Crippen molar-refractivity contribution in [1.82, 2.24) is 5.32 Å². The molecule has 15 heavy (non-hydrogen) atoms. The zero-order valence-electron chi connectivity index (χ0n) is 9.20. The second-order valence-corrected chi connectivity index (χ2v) is 3.21. The highest BCUT2D eigenvalue weighted by atomic mass is 16.5. The molecule has 0 aliphatic heterocycles. The van der Waals surface area contributed by atoms with Gasteiger partial charge in [-0.3, -0.25) is 4.79 Å². The van der Waals surface area contributed by atoms with Gasteiger partial charge in [0.05, 0.1) is 7.11 Å². The Bertz CT molecular complexity index is 339. The van der Waals surface area contributed by atoms with Crippen LogP contribution in [0, 0.1) is 0 Å². The SMILES string of the molecule is CNC(=O)C(C)Nc1cccc(OC)c1. The summed E-state index contributed by atoms with van der Waals surface area (Å²) in [6, 6.07) is 7.21. The molecule has 1 aromatic rings. The van der Waals surface area contributed by atoms with Gasteiger partial charge in [0.15, 0.2) is 0 Å². The minimum atomic E-state index is -0.262. The number of carbonyl (C=O) groups excluding carboxylic acids is 1. The average molecular weight is 208 g/mol. The maximum Gasteiger partial charge on any atom is 0.241 e. The monoisotopic (exact) mass is 208 g/mol. The van der Waals surface area contributed by atoms with Gasteiger partial charge in [0.25, 0.3) is 0 Å². The van der Waals surface area contributed by atoms with Gasteiger partial charge in [0, 0.05) is 18.8 Å². The number of carbonyl (C=O) groups is 1. The van der Waals surface area contributed by atoms with Crippen molar-refractivity contribution in [3.05, 3.63) is 24.3 Å². The zero-order valence-corrected chi connectivity index (χ0v) is 9.20. The Morgan fingerprint density at radius 3 is 2.80 bits per heavy atom. The molecule has 1 atom stereocenters. The van der Waals surface area contributed by atoms with Crippen LogP contribution in [0.1, 0.15) is 6.92 Å². The van der Waals surface area contributed by atoms with Crippen molar-refractivity contribution in [2.75, 3.05) is 19.5 Å². The smallest absolute Gasteiger partial charge is 0.241 e. The Labute approximate surface area is 89.6 Å². The Hall–Kier alpha value is -1.71. The van der Waals surface area contributed by atoms with E-state index < -0.39 is 0 Å². The van der Waals surface area contributed by atoms with E-state index in [0.29, 0.717) is 0 Å². The van der Waals surface area contributed by atoms with Crippen LogP contribution in [-0.4, -0.2) is 26.1 Å². The summed E-state index contributed by atoms with van der Waals surface area (Å²) in [4.78, 5) is 11.3. The first-order valence-corrected chi connectivity index (χ1v) is 4.79. The first-order valence-electron chi connectivity index (χ1n) is 4.79. The number of benzene rings is 1. The van der Waals surface area contributed by atoms with E-state index in [2.05, 4.69) is 10.6 Å². The maximum atomic E-state index is 11.3. The van der Waals surface area contributed by atoms with Gasteiger partial charge < -0.3 is 15.4 Å². The molecule has 0 bridgehead atoms. The highest BCUT2D eigenvalue weighted by Gasteiger charge is 2.09. The zero-order chi connectivity index (χ0) is 11.3. The first-order chi connectivity index (χ1) is 7.17. The summed E-state index contributed by atoms with van der Waals surface area (Å²) >= 11 is 0. The lowest BCUT2D eigenvalue weighted by atomic mass is 10.2. The number of methoxy groups -OCH3 is 1. The Morgan fingerprint density at radius 2 is 2.20 bits per heavy atom. The van der Waals surface area contributed by atoms with E-state index in [1.807, 2.05) is 24.3 Å². The van der Waals surface area contributed by atoms with Crippen molar-refractivity contribution >= 4 is 11.6 Å². The number of hydrogen-bond acceptors (Lipinski definition) is 3. The van der Waals surface area contributed by atoms with E-state index in [1.54, 1.807) is 21.1 Å². The molecule has 2 N–H and O–H groups in total. The molecular weight excluding hydrogens is 192 g/mol. The van der Waals surface area contributed by atoms with E-state index in [4.69, 9.17) is 4.74 Å². The summed E-state index contributed by atoms with van der Waals surface area (Å²) in [7, 11) is 3.23. The van der Waals surface area contributed by atoms with Gasteiger partial charge >= 0.3 is 0 Å². The summed E-state index contributed by atoms with van der Waals surface area (Å²) in [5.74, 6) is 0.724. The van der Waals surface area contributed by atoms with E-state index in [-0.39, 0.29) is 11.9 Å². The average Bonchev–Trinajstić information content (AvgIpc) is 2.28. The molecule has 4 nitrogen and oxygen atoms in total. The summed E-state index contributed by atoms with van der Waals surface area (Å²) < 4.78 is 5.08. The molecule has 82 valence electrons. The van der Waals surface area contributed by atoms with Crippen molar-refractivity contribution in [2.45, 2.75) is 13.0 Å². The molecule has 0 aliphatic rings. The molecule has 0 aromatic heterocycles. The normalized spacial score (nSPS) is 11.7. The predicted molar refractivity (Wildman–Crippen MR) is 60.1 cm³/mol. The topological polar surface area (TPSA) is 50.4 Å². The third-order valence-electron chi connectivity index (χ3n) is 2.09. The Kier molecular flexibility index (Phi) is 3.97. The van der Waals surface area contributed by atoms with E-state index in [9.17, 15) is 4.79 Å². The standard InChI is InChI=1S/C11H16N2O2/c1-8(11(14)12-2)13-9-5-4-6-10(7-9)15-3/h4-8,13H,1-3H3,(H,12,14). The van der Waals surface area contributed by atoms with Crippen LogP contribution in [-0.2, 0) is 4.79 Å². The van der Waals surface area contributed by atoms with Crippen LogP contribution in [0.3, 0.4) is 0 Å². The van der Waals surface area contributed by atoms with Crippen LogP contribution in [0.2, 0.25) is 0 Å². The van der Waals surface area contributed by atoms with Crippen LogP contribution < -0.4 is 15.4 Å². The van der Waals surface area contributed by atoms with Crippen LogP contribution >= 0.6 is 0 Å². The van der Waals surface area contributed by atoms with Crippen molar-refractivity contribution in [3.8, 4) is 5.75 Å². The lowest BCUT2D eigenvalue weighted by molar-refractivity contribution is -0.121. The molecule has 0 aliphatic carbocycles. The first kappa shape index (κ1) is 11.4. The van der Waals surface area contributed by atoms with E-state index in [1.165, 1.54) is 0 Å². The third-order valence-corrected chi connectivity index (χ3v) is 2.09. The minimum Gasteiger partial charge on any atom is -0.497 e. The Morgan fingerprint density at radius 1 is 1.47 bits per heavy atom. The molecule has 0 saturated carbocycles. The number of amides is 1. The molecule has 0 radical (unpaired) electrons. The van der Waals surface area contributed by atoms with Gasteiger partial charge in [-0.05, 0) is 19.1 Å².